The molecule has 1 saturated heterocycles. The Hall–Kier alpha value is -1.90. The second-order valence-corrected chi connectivity index (χ2v) is 6.99. The summed E-state index contributed by atoms with van der Waals surface area (Å²) in [6.45, 7) is 0.288. The first kappa shape index (κ1) is 23.4. The molecule has 0 aromatic heterocycles. The average molecular weight is 426 g/mol. The normalized spacial score (nSPS) is 18.1. The first-order chi connectivity index (χ1) is 13.4. The van der Waals surface area contributed by atoms with Gasteiger partial charge >= 0.3 is 35.5 Å². The van der Waals surface area contributed by atoms with E-state index < -0.39 is 30.0 Å². The molecule has 4 N–H and O–H groups in total. The Morgan fingerprint density at radius 1 is 1.00 bits per heavy atom. The van der Waals surface area contributed by atoms with Gasteiger partial charge in [0.05, 0.1) is 0 Å². The van der Waals surface area contributed by atoms with Gasteiger partial charge in [-0.2, -0.15) is 0 Å². The molecule has 0 saturated carbocycles. The third-order valence-corrected chi connectivity index (χ3v) is 4.68. The number of aliphatic carboxylic acids is 1. The van der Waals surface area contributed by atoms with Gasteiger partial charge in [-0.3, -0.25) is 19.7 Å². The van der Waals surface area contributed by atoms with Gasteiger partial charge in [0, 0.05) is 18.0 Å². The number of hydrogen-bond acceptors (Lipinski definition) is 4. The third kappa shape index (κ3) is 6.83. The Balaban J connectivity index is 0.00000300. The molecule has 1 fully saturated rings. The van der Waals surface area contributed by atoms with Crippen molar-refractivity contribution in [3.05, 3.63) is 70.7 Å². The Kier molecular flexibility index (Phi) is 8.67. The van der Waals surface area contributed by atoms with Crippen molar-refractivity contribution in [3.63, 3.8) is 0 Å². The summed E-state index contributed by atoms with van der Waals surface area (Å²) in [7, 11) is 0. The molecule has 0 unspecified atom stereocenters. The molecule has 0 radical (unpaired) electrons. The Morgan fingerprint density at radius 2 is 1.66 bits per heavy atom. The summed E-state index contributed by atoms with van der Waals surface area (Å²) in [5, 5.41) is 17.6. The summed E-state index contributed by atoms with van der Waals surface area (Å²) < 4.78 is 0. The minimum atomic E-state index is -1.09. The minimum absolute atomic E-state index is 0. The summed E-state index contributed by atoms with van der Waals surface area (Å²) in [5.74, 6) is -1.94. The van der Waals surface area contributed by atoms with Crippen LogP contribution >= 0.6 is 11.6 Å². The zero-order valence-electron chi connectivity index (χ0n) is 14.9. The van der Waals surface area contributed by atoms with Crippen LogP contribution in [0.5, 0.6) is 0 Å². The van der Waals surface area contributed by atoms with Crippen LogP contribution < -0.4 is 16.0 Å². The molecule has 0 aliphatic carbocycles. The van der Waals surface area contributed by atoms with Crippen molar-refractivity contribution in [2.45, 2.75) is 31.1 Å². The Bertz CT molecular complexity index is 864. The molecule has 1 aliphatic heterocycles. The van der Waals surface area contributed by atoms with Crippen molar-refractivity contribution in [2.24, 2.45) is 0 Å². The van der Waals surface area contributed by atoms with Crippen LogP contribution in [-0.2, 0) is 27.3 Å². The number of carbonyl (C=O) groups is 3. The van der Waals surface area contributed by atoms with E-state index >= 15 is 0 Å². The zero-order chi connectivity index (χ0) is 20.1. The summed E-state index contributed by atoms with van der Waals surface area (Å²) in [6, 6.07) is 13.8. The number of carbonyl (C=O) groups excluding carboxylic acids is 2. The summed E-state index contributed by atoms with van der Waals surface area (Å²) in [6.07, 6.45) is 0.295. The van der Waals surface area contributed by atoms with Crippen molar-refractivity contribution in [3.8, 4) is 0 Å². The number of benzene rings is 2. The van der Waals surface area contributed by atoms with Gasteiger partial charge in [0.1, 0.15) is 18.1 Å². The quantitative estimate of drug-likeness (QED) is 0.362. The maximum atomic E-state index is 12.7. The first-order valence-electron chi connectivity index (χ1n) is 8.79. The molecule has 9 heteroatoms. The number of amides is 2. The van der Waals surface area contributed by atoms with Gasteiger partial charge in [-0.15, -0.1) is 0 Å². The fourth-order valence-corrected chi connectivity index (χ4v) is 2.94. The number of halogens is 1. The molecule has 3 rings (SSSR count). The van der Waals surface area contributed by atoms with E-state index in [2.05, 4.69) is 16.0 Å². The molecular formula is C20H21ClN3NaO4. The van der Waals surface area contributed by atoms with Crippen molar-refractivity contribution >= 4 is 58.9 Å². The van der Waals surface area contributed by atoms with Gasteiger partial charge < -0.3 is 15.7 Å². The van der Waals surface area contributed by atoms with Crippen molar-refractivity contribution in [1.82, 2.24) is 16.0 Å². The van der Waals surface area contributed by atoms with Crippen molar-refractivity contribution < 1.29 is 19.5 Å². The second kappa shape index (κ2) is 10.8. The van der Waals surface area contributed by atoms with Crippen molar-refractivity contribution in [2.75, 3.05) is 0 Å². The number of carboxylic acid groups (broad SMARTS) is 1. The van der Waals surface area contributed by atoms with E-state index in [9.17, 15) is 14.4 Å². The van der Waals surface area contributed by atoms with Crippen LogP contribution in [0.1, 0.15) is 11.1 Å². The van der Waals surface area contributed by atoms with E-state index in [0.29, 0.717) is 11.4 Å². The summed E-state index contributed by atoms with van der Waals surface area (Å²) in [5.41, 5.74) is 1.75. The Morgan fingerprint density at radius 3 is 2.24 bits per heavy atom. The van der Waals surface area contributed by atoms with Gasteiger partial charge in [0.15, 0.2) is 0 Å². The molecule has 0 spiro atoms. The summed E-state index contributed by atoms with van der Waals surface area (Å²) >= 11 is 5.86. The van der Waals surface area contributed by atoms with E-state index in [0.717, 1.165) is 11.1 Å². The van der Waals surface area contributed by atoms with Crippen molar-refractivity contribution in [1.29, 1.82) is 0 Å². The van der Waals surface area contributed by atoms with Gasteiger partial charge in [-0.25, -0.2) is 0 Å². The van der Waals surface area contributed by atoms with Crippen LogP contribution in [0.2, 0.25) is 5.02 Å². The molecule has 148 valence electrons. The Labute approximate surface area is 195 Å². The number of hydrogen-bond donors (Lipinski definition) is 4. The van der Waals surface area contributed by atoms with Crippen LogP contribution in [0.15, 0.2) is 54.6 Å². The van der Waals surface area contributed by atoms with E-state index in [4.69, 9.17) is 16.7 Å². The van der Waals surface area contributed by atoms with Crippen LogP contribution in [0, 0.1) is 0 Å². The molecule has 0 bridgehead atoms. The molecule has 29 heavy (non-hydrogen) atoms. The predicted octanol–water partition coefficient (Wildman–Crippen LogP) is 0.460. The van der Waals surface area contributed by atoms with Crippen LogP contribution in [0.3, 0.4) is 0 Å². The van der Waals surface area contributed by atoms with E-state index in [-0.39, 0.29) is 42.0 Å². The molecular weight excluding hydrogens is 405 g/mol. The van der Waals surface area contributed by atoms with Gasteiger partial charge in [0.25, 0.3) is 0 Å². The van der Waals surface area contributed by atoms with Gasteiger partial charge in [-0.1, -0.05) is 54.1 Å². The number of rotatable bonds is 8. The molecule has 1 aliphatic rings. The third-order valence-electron chi connectivity index (χ3n) is 4.43. The fourth-order valence-electron chi connectivity index (χ4n) is 2.81. The van der Waals surface area contributed by atoms with Crippen LogP contribution in [0.4, 0.5) is 0 Å². The molecule has 7 nitrogen and oxygen atoms in total. The summed E-state index contributed by atoms with van der Waals surface area (Å²) in [4.78, 5) is 35.9. The fraction of sp³-hybridized carbons (Fsp3) is 0.250. The number of nitrogens with one attached hydrogen (secondary N) is 3. The van der Waals surface area contributed by atoms with Crippen LogP contribution in [-0.4, -0.2) is 70.6 Å². The molecule has 2 amide bonds. The number of carboxylic acids is 1. The molecule has 2 aromatic rings. The monoisotopic (exact) mass is 425 g/mol. The van der Waals surface area contributed by atoms with E-state index in [1.54, 1.807) is 24.3 Å². The first-order valence-corrected chi connectivity index (χ1v) is 9.17. The molecule has 3 atom stereocenters. The zero-order valence-corrected chi connectivity index (χ0v) is 15.6. The predicted molar refractivity (Wildman–Crippen MR) is 111 cm³/mol. The SMILES string of the molecule is O=C(NCc1ccc(Cl)cc1)[C@H](Cc1ccccc1)NC(=O)[C@H]1N[C@@H]1C(=O)O.[NaH]. The topological polar surface area (TPSA) is 117 Å². The van der Waals surface area contributed by atoms with Gasteiger partial charge in [-0.05, 0) is 23.3 Å². The average Bonchev–Trinajstić information content (AvgIpc) is 3.49. The van der Waals surface area contributed by atoms with E-state index in [1.807, 2.05) is 30.3 Å². The van der Waals surface area contributed by atoms with Crippen LogP contribution in [0.25, 0.3) is 0 Å². The van der Waals surface area contributed by atoms with Gasteiger partial charge in [0.2, 0.25) is 11.8 Å². The second-order valence-electron chi connectivity index (χ2n) is 6.56. The van der Waals surface area contributed by atoms with E-state index in [1.165, 1.54) is 0 Å². The molecule has 2 aromatic carbocycles. The molecule has 1 heterocycles. The standard InChI is InChI=1S/C20H20ClN3O4.Na.H/c21-14-8-6-13(7-9-14)11-22-18(25)15(10-12-4-2-1-3-5-12)23-19(26)16-17(24-16)20(27)28;;/h1-9,15-17,24H,10-11H2,(H,22,25)(H,23,26)(H,27,28);;/t15-,16-,17-;;/m0../s1. The maximum absolute atomic E-state index is 12.7.